The van der Waals surface area contributed by atoms with Gasteiger partial charge in [0.1, 0.15) is 10.5 Å². The molecule has 27 heavy (non-hydrogen) atoms. The number of benzene rings is 1. The van der Waals surface area contributed by atoms with E-state index in [2.05, 4.69) is 20.2 Å². The van der Waals surface area contributed by atoms with Crippen molar-refractivity contribution in [3.8, 4) is 0 Å². The average molecular weight is 386 g/mol. The van der Waals surface area contributed by atoms with Crippen molar-refractivity contribution in [1.29, 1.82) is 0 Å². The maximum Gasteiger partial charge on any atom is 0.355 e. The molecule has 1 aromatic carbocycles. The molecule has 1 amide bonds. The van der Waals surface area contributed by atoms with Gasteiger partial charge in [-0.15, -0.1) is 11.3 Å². The Balaban J connectivity index is 1.30. The molecular weight excluding hydrogens is 368 g/mol. The first-order valence-electron chi connectivity index (χ1n) is 8.66. The Bertz CT molecular complexity index is 942. The highest BCUT2D eigenvalue weighted by Gasteiger charge is 2.27. The number of hydrogen-bond donors (Lipinski definition) is 2. The van der Waals surface area contributed by atoms with E-state index in [9.17, 15) is 9.59 Å². The topological polar surface area (TPSA) is 109 Å². The number of aromatic carboxylic acids is 1. The number of oxazole rings is 1. The normalized spacial score (nSPS) is 15.2. The smallest absolute Gasteiger partial charge is 0.355 e. The molecule has 0 atom stereocenters. The molecule has 140 valence electrons. The molecule has 1 aliphatic heterocycles. The van der Waals surface area contributed by atoms with E-state index in [1.54, 1.807) is 0 Å². The third kappa shape index (κ3) is 3.77. The first-order chi connectivity index (χ1) is 13.1. The van der Waals surface area contributed by atoms with E-state index in [4.69, 9.17) is 9.52 Å². The Morgan fingerprint density at radius 1 is 1.26 bits per heavy atom. The Labute approximate surface area is 158 Å². The Kier molecular flexibility index (Phi) is 4.76. The van der Waals surface area contributed by atoms with Crippen LogP contribution in [0.2, 0.25) is 0 Å². The monoisotopic (exact) mass is 386 g/mol. The molecule has 1 aliphatic rings. The number of para-hydroxylation sites is 2. The fourth-order valence-electron chi connectivity index (χ4n) is 3.13. The van der Waals surface area contributed by atoms with Crippen molar-refractivity contribution in [3.63, 3.8) is 0 Å². The number of nitrogens with one attached hydrogen (secondary N) is 1. The molecule has 0 aliphatic carbocycles. The van der Waals surface area contributed by atoms with Crippen LogP contribution < -0.4 is 10.2 Å². The summed E-state index contributed by atoms with van der Waals surface area (Å²) in [7, 11) is 0. The summed E-state index contributed by atoms with van der Waals surface area (Å²) in [5.41, 5.74) is 1.60. The Hall–Kier alpha value is -2.94. The lowest BCUT2D eigenvalue weighted by Crippen LogP contribution is -2.40. The van der Waals surface area contributed by atoms with Crippen LogP contribution in [0.1, 0.15) is 28.3 Å². The fourth-order valence-corrected chi connectivity index (χ4v) is 3.83. The number of piperidine rings is 1. The number of hydrogen-bond acceptors (Lipinski definition) is 7. The van der Waals surface area contributed by atoms with Crippen molar-refractivity contribution in [2.45, 2.75) is 19.4 Å². The van der Waals surface area contributed by atoms with Gasteiger partial charge in [0.2, 0.25) is 5.91 Å². The number of fused-ring (bicyclic) bond motifs is 1. The van der Waals surface area contributed by atoms with Crippen LogP contribution in [0.15, 0.2) is 34.1 Å². The van der Waals surface area contributed by atoms with Crippen LogP contribution in [0, 0.1) is 5.92 Å². The van der Waals surface area contributed by atoms with Gasteiger partial charge < -0.3 is 19.7 Å². The van der Waals surface area contributed by atoms with Gasteiger partial charge in [-0.1, -0.05) is 12.1 Å². The summed E-state index contributed by atoms with van der Waals surface area (Å²) in [5, 5.41) is 13.8. The van der Waals surface area contributed by atoms with Crippen LogP contribution in [-0.4, -0.2) is 40.0 Å². The van der Waals surface area contributed by atoms with Crippen molar-refractivity contribution < 1.29 is 19.1 Å². The number of carbonyl (C=O) groups excluding carboxylic acids is 1. The largest absolute Gasteiger partial charge is 0.476 e. The zero-order valence-corrected chi connectivity index (χ0v) is 15.2. The zero-order valence-electron chi connectivity index (χ0n) is 14.4. The highest BCUT2D eigenvalue weighted by atomic mass is 32.1. The molecule has 0 bridgehead atoms. The van der Waals surface area contributed by atoms with Crippen molar-refractivity contribution in [2.75, 3.05) is 18.0 Å². The fraction of sp³-hybridized carbons (Fsp3) is 0.333. The molecule has 3 aromatic rings. The van der Waals surface area contributed by atoms with Gasteiger partial charge in [0.25, 0.3) is 6.01 Å². The summed E-state index contributed by atoms with van der Waals surface area (Å²) in [5.74, 6) is -1.17. The molecular formula is C18H18N4O4S. The second-order valence-corrected chi connectivity index (χ2v) is 7.32. The van der Waals surface area contributed by atoms with Crippen LogP contribution in [0.3, 0.4) is 0 Å². The first kappa shape index (κ1) is 17.5. The molecule has 9 heteroatoms. The van der Waals surface area contributed by atoms with Gasteiger partial charge in [-0.2, -0.15) is 4.98 Å². The molecule has 3 heterocycles. The molecule has 0 spiro atoms. The van der Waals surface area contributed by atoms with Crippen LogP contribution in [0.4, 0.5) is 6.01 Å². The van der Waals surface area contributed by atoms with Gasteiger partial charge in [-0.3, -0.25) is 4.79 Å². The number of amides is 1. The second kappa shape index (κ2) is 7.36. The highest BCUT2D eigenvalue weighted by molar-refractivity contribution is 7.09. The summed E-state index contributed by atoms with van der Waals surface area (Å²) >= 11 is 1.23. The van der Waals surface area contributed by atoms with E-state index < -0.39 is 5.97 Å². The average Bonchev–Trinajstić information content (AvgIpc) is 3.33. The van der Waals surface area contributed by atoms with E-state index in [1.807, 2.05) is 24.3 Å². The summed E-state index contributed by atoms with van der Waals surface area (Å²) in [6, 6.07) is 8.24. The van der Waals surface area contributed by atoms with Gasteiger partial charge in [0, 0.05) is 24.4 Å². The van der Waals surface area contributed by atoms with Crippen LogP contribution in [-0.2, 0) is 11.3 Å². The lowest BCUT2D eigenvalue weighted by molar-refractivity contribution is -0.125. The van der Waals surface area contributed by atoms with E-state index in [1.165, 1.54) is 16.7 Å². The minimum Gasteiger partial charge on any atom is -0.476 e. The summed E-state index contributed by atoms with van der Waals surface area (Å²) in [6.45, 7) is 1.65. The van der Waals surface area contributed by atoms with E-state index in [-0.39, 0.29) is 24.1 Å². The maximum atomic E-state index is 12.4. The number of carbonyl (C=O) groups is 2. The predicted molar refractivity (Wildman–Crippen MR) is 99.9 cm³/mol. The molecule has 0 radical (unpaired) electrons. The van der Waals surface area contributed by atoms with Crippen LogP contribution in [0.25, 0.3) is 11.1 Å². The lowest BCUT2D eigenvalue weighted by Gasteiger charge is -2.30. The van der Waals surface area contributed by atoms with Crippen molar-refractivity contribution in [1.82, 2.24) is 15.3 Å². The summed E-state index contributed by atoms with van der Waals surface area (Å²) in [4.78, 5) is 33.8. The minimum atomic E-state index is -1.06. The standard InChI is InChI=1S/C18H18N4O4S/c23-16(19-9-15-20-13(10-27-15)17(24)25)11-5-7-22(8-6-11)18-21-12-3-1-2-4-14(12)26-18/h1-4,10-11H,5-9H2,(H,19,23)(H,24,25). The second-order valence-electron chi connectivity index (χ2n) is 6.37. The summed E-state index contributed by atoms with van der Waals surface area (Å²) in [6.07, 6.45) is 1.42. The third-order valence-corrected chi connectivity index (χ3v) is 5.45. The molecule has 4 rings (SSSR count). The molecule has 2 N–H and O–H groups in total. The molecule has 8 nitrogen and oxygen atoms in total. The van der Waals surface area contributed by atoms with Crippen LogP contribution >= 0.6 is 11.3 Å². The number of aromatic nitrogens is 2. The predicted octanol–water partition coefficient (Wildman–Crippen LogP) is 2.52. The number of carboxylic acids is 1. The van der Waals surface area contributed by atoms with E-state index in [0.717, 1.165) is 11.1 Å². The van der Waals surface area contributed by atoms with Crippen molar-refractivity contribution >= 4 is 40.3 Å². The molecule has 0 unspecified atom stereocenters. The number of anilines is 1. The van der Waals surface area contributed by atoms with Gasteiger partial charge in [0.15, 0.2) is 11.3 Å². The number of thiazole rings is 1. The summed E-state index contributed by atoms with van der Waals surface area (Å²) < 4.78 is 5.79. The Morgan fingerprint density at radius 2 is 2.04 bits per heavy atom. The van der Waals surface area contributed by atoms with Gasteiger partial charge in [-0.25, -0.2) is 9.78 Å². The molecule has 2 aromatic heterocycles. The molecule has 1 saturated heterocycles. The van der Waals surface area contributed by atoms with Crippen molar-refractivity contribution in [3.05, 3.63) is 40.3 Å². The number of carboxylic acid groups (broad SMARTS) is 1. The third-order valence-electron chi connectivity index (χ3n) is 4.60. The zero-order chi connectivity index (χ0) is 18.8. The van der Waals surface area contributed by atoms with E-state index >= 15 is 0 Å². The van der Waals surface area contributed by atoms with E-state index in [0.29, 0.717) is 37.0 Å². The van der Waals surface area contributed by atoms with Crippen molar-refractivity contribution in [2.24, 2.45) is 5.92 Å². The van der Waals surface area contributed by atoms with Gasteiger partial charge in [0.05, 0.1) is 6.54 Å². The van der Waals surface area contributed by atoms with Gasteiger partial charge >= 0.3 is 5.97 Å². The molecule has 0 saturated carbocycles. The van der Waals surface area contributed by atoms with Gasteiger partial charge in [-0.05, 0) is 25.0 Å². The lowest BCUT2D eigenvalue weighted by atomic mass is 9.96. The SMILES string of the molecule is O=C(O)c1csc(CNC(=O)C2CCN(c3nc4ccccc4o3)CC2)n1. The number of nitrogens with zero attached hydrogens (tertiary/aromatic N) is 3. The first-order valence-corrected chi connectivity index (χ1v) is 9.54. The highest BCUT2D eigenvalue weighted by Crippen LogP contribution is 2.26. The minimum absolute atomic E-state index is 0.0101. The van der Waals surface area contributed by atoms with Crippen LogP contribution in [0.5, 0.6) is 0 Å². The molecule has 1 fully saturated rings. The quantitative estimate of drug-likeness (QED) is 0.693. The maximum absolute atomic E-state index is 12.4. The Morgan fingerprint density at radius 3 is 2.74 bits per heavy atom. The number of rotatable bonds is 5.